The van der Waals surface area contributed by atoms with Crippen molar-refractivity contribution < 1.29 is 4.79 Å². The number of hydrogen-bond acceptors (Lipinski definition) is 2. The van der Waals surface area contributed by atoms with Crippen LogP contribution in [0.2, 0.25) is 0 Å². The zero-order valence-electron chi connectivity index (χ0n) is 13.2. The van der Waals surface area contributed by atoms with Crippen LogP contribution in [-0.2, 0) is 4.79 Å². The van der Waals surface area contributed by atoms with Gasteiger partial charge in [0.05, 0.1) is 6.04 Å². The smallest absolute Gasteiger partial charge is 0.237 e. The van der Waals surface area contributed by atoms with Crippen molar-refractivity contribution >= 4 is 5.91 Å². The maximum absolute atomic E-state index is 12.1. The highest BCUT2D eigenvalue weighted by Crippen LogP contribution is 2.26. The lowest BCUT2D eigenvalue weighted by Gasteiger charge is -2.30. The first-order chi connectivity index (χ1) is 9.04. The zero-order valence-corrected chi connectivity index (χ0v) is 13.2. The zero-order chi connectivity index (χ0) is 14.3. The molecule has 1 aliphatic rings. The van der Waals surface area contributed by atoms with Crippen LogP contribution in [0.25, 0.3) is 0 Å². The summed E-state index contributed by atoms with van der Waals surface area (Å²) in [6.45, 7) is 8.44. The highest BCUT2D eigenvalue weighted by molar-refractivity contribution is 5.81. The van der Waals surface area contributed by atoms with E-state index in [-0.39, 0.29) is 18.0 Å². The minimum Gasteiger partial charge on any atom is -0.352 e. The summed E-state index contributed by atoms with van der Waals surface area (Å²) >= 11 is 0. The van der Waals surface area contributed by atoms with Crippen molar-refractivity contribution in [2.45, 2.75) is 90.8 Å². The van der Waals surface area contributed by atoms with Crippen molar-refractivity contribution in [2.24, 2.45) is 5.92 Å². The predicted molar refractivity (Wildman–Crippen MR) is 81.1 cm³/mol. The third-order valence-electron chi connectivity index (χ3n) is 4.37. The van der Waals surface area contributed by atoms with E-state index in [4.69, 9.17) is 0 Å². The SMILES string of the molecule is CCCC(C)NC(=O)C(C)NC(C)C1CCCCC1. The number of carbonyl (C=O) groups is 1. The average molecular weight is 268 g/mol. The fraction of sp³-hybridized carbons (Fsp3) is 0.938. The second kappa shape index (κ2) is 8.57. The maximum atomic E-state index is 12.1. The first kappa shape index (κ1) is 16.5. The fourth-order valence-corrected chi connectivity index (χ4v) is 3.11. The minimum absolute atomic E-state index is 0.0868. The summed E-state index contributed by atoms with van der Waals surface area (Å²) < 4.78 is 0. The Morgan fingerprint density at radius 3 is 2.37 bits per heavy atom. The summed E-state index contributed by atoms with van der Waals surface area (Å²) in [5, 5.41) is 6.57. The van der Waals surface area contributed by atoms with Gasteiger partial charge in [0, 0.05) is 12.1 Å². The van der Waals surface area contributed by atoms with Gasteiger partial charge in [-0.25, -0.2) is 0 Å². The Balaban J connectivity index is 2.31. The molecule has 1 fully saturated rings. The van der Waals surface area contributed by atoms with Gasteiger partial charge in [0.2, 0.25) is 5.91 Å². The molecule has 1 saturated carbocycles. The van der Waals surface area contributed by atoms with Crippen LogP contribution < -0.4 is 10.6 Å². The Kier molecular flexibility index (Phi) is 7.44. The lowest BCUT2D eigenvalue weighted by atomic mass is 9.84. The highest BCUT2D eigenvalue weighted by atomic mass is 16.2. The van der Waals surface area contributed by atoms with E-state index in [1.54, 1.807) is 0 Å². The van der Waals surface area contributed by atoms with Crippen LogP contribution in [0, 0.1) is 5.92 Å². The van der Waals surface area contributed by atoms with E-state index < -0.39 is 0 Å². The summed E-state index contributed by atoms with van der Waals surface area (Å²) in [5.74, 6) is 0.890. The van der Waals surface area contributed by atoms with Gasteiger partial charge in [0.15, 0.2) is 0 Å². The first-order valence-electron chi connectivity index (χ1n) is 8.11. The Labute approximate surface area is 118 Å². The van der Waals surface area contributed by atoms with Gasteiger partial charge in [-0.1, -0.05) is 32.6 Å². The Bertz CT molecular complexity index is 261. The summed E-state index contributed by atoms with van der Waals surface area (Å²) in [7, 11) is 0. The molecular weight excluding hydrogens is 236 g/mol. The predicted octanol–water partition coefficient (Wildman–Crippen LogP) is 3.24. The van der Waals surface area contributed by atoms with Gasteiger partial charge in [-0.2, -0.15) is 0 Å². The first-order valence-corrected chi connectivity index (χ1v) is 8.11. The van der Waals surface area contributed by atoms with Gasteiger partial charge >= 0.3 is 0 Å². The average Bonchev–Trinajstić information content (AvgIpc) is 2.39. The molecule has 0 heterocycles. The topological polar surface area (TPSA) is 41.1 Å². The van der Waals surface area contributed by atoms with Crippen molar-refractivity contribution in [1.82, 2.24) is 10.6 Å². The van der Waals surface area contributed by atoms with E-state index in [1.807, 2.05) is 6.92 Å². The molecule has 3 heteroatoms. The number of carbonyl (C=O) groups excluding carboxylic acids is 1. The second-order valence-electron chi connectivity index (χ2n) is 6.27. The lowest BCUT2D eigenvalue weighted by molar-refractivity contribution is -0.123. The molecule has 0 aromatic heterocycles. The lowest BCUT2D eigenvalue weighted by Crippen LogP contribution is -2.50. The van der Waals surface area contributed by atoms with E-state index >= 15 is 0 Å². The maximum Gasteiger partial charge on any atom is 0.237 e. The van der Waals surface area contributed by atoms with Gasteiger partial charge in [-0.05, 0) is 46.0 Å². The van der Waals surface area contributed by atoms with E-state index in [2.05, 4.69) is 31.4 Å². The Morgan fingerprint density at radius 2 is 1.79 bits per heavy atom. The Morgan fingerprint density at radius 1 is 1.16 bits per heavy atom. The third-order valence-corrected chi connectivity index (χ3v) is 4.37. The molecule has 3 atom stereocenters. The molecular formula is C16H32N2O. The molecule has 0 saturated heterocycles. The summed E-state index contributed by atoms with van der Waals surface area (Å²) in [6, 6.07) is 0.644. The van der Waals surface area contributed by atoms with Crippen LogP contribution in [0.1, 0.15) is 72.6 Å². The highest BCUT2D eigenvalue weighted by Gasteiger charge is 2.23. The largest absolute Gasteiger partial charge is 0.352 e. The van der Waals surface area contributed by atoms with Crippen LogP contribution in [-0.4, -0.2) is 24.0 Å². The molecule has 0 aromatic carbocycles. The monoisotopic (exact) mass is 268 g/mol. The van der Waals surface area contributed by atoms with Gasteiger partial charge in [-0.15, -0.1) is 0 Å². The molecule has 112 valence electrons. The summed E-state index contributed by atoms with van der Waals surface area (Å²) in [4.78, 5) is 12.1. The molecule has 1 aliphatic carbocycles. The molecule has 1 amide bonds. The van der Waals surface area contributed by atoms with E-state index in [0.29, 0.717) is 6.04 Å². The van der Waals surface area contributed by atoms with Crippen molar-refractivity contribution in [2.75, 3.05) is 0 Å². The summed E-state index contributed by atoms with van der Waals surface area (Å²) in [5.41, 5.74) is 0. The van der Waals surface area contributed by atoms with E-state index in [1.165, 1.54) is 32.1 Å². The van der Waals surface area contributed by atoms with Crippen LogP contribution in [0.15, 0.2) is 0 Å². The van der Waals surface area contributed by atoms with Crippen LogP contribution >= 0.6 is 0 Å². The van der Waals surface area contributed by atoms with Crippen molar-refractivity contribution in [3.8, 4) is 0 Å². The molecule has 2 N–H and O–H groups in total. The molecule has 0 spiro atoms. The van der Waals surface area contributed by atoms with Crippen molar-refractivity contribution in [3.63, 3.8) is 0 Å². The fourth-order valence-electron chi connectivity index (χ4n) is 3.11. The van der Waals surface area contributed by atoms with Crippen molar-refractivity contribution in [3.05, 3.63) is 0 Å². The van der Waals surface area contributed by atoms with Gasteiger partial charge in [0.25, 0.3) is 0 Å². The second-order valence-corrected chi connectivity index (χ2v) is 6.27. The molecule has 3 unspecified atom stereocenters. The van der Waals surface area contributed by atoms with Crippen LogP contribution in [0.3, 0.4) is 0 Å². The minimum atomic E-state index is -0.0868. The normalized spacial score (nSPS) is 21.7. The van der Waals surface area contributed by atoms with Gasteiger partial charge in [-0.3, -0.25) is 4.79 Å². The number of nitrogens with one attached hydrogen (secondary N) is 2. The molecule has 3 nitrogen and oxygen atoms in total. The van der Waals surface area contributed by atoms with Gasteiger partial charge < -0.3 is 10.6 Å². The molecule has 19 heavy (non-hydrogen) atoms. The number of hydrogen-bond donors (Lipinski definition) is 2. The Hall–Kier alpha value is -0.570. The third kappa shape index (κ3) is 5.94. The molecule has 0 aromatic rings. The van der Waals surface area contributed by atoms with Crippen LogP contribution in [0.5, 0.6) is 0 Å². The quantitative estimate of drug-likeness (QED) is 0.744. The molecule has 0 radical (unpaired) electrons. The van der Waals surface area contributed by atoms with Crippen molar-refractivity contribution in [1.29, 1.82) is 0 Å². The van der Waals surface area contributed by atoms with Crippen LogP contribution in [0.4, 0.5) is 0 Å². The number of amides is 1. The van der Waals surface area contributed by atoms with Gasteiger partial charge in [0.1, 0.15) is 0 Å². The van der Waals surface area contributed by atoms with E-state index in [0.717, 1.165) is 18.8 Å². The summed E-state index contributed by atoms with van der Waals surface area (Å²) in [6.07, 6.45) is 8.88. The molecule has 0 aliphatic heterocycles. The number of rotatable bonds is 7. The molecule has 1 rings (SSSR count). The van der Waals surface area contributed by atoms with E-state index in [9.17, 15) is 4.79 Å². The molecule has 0 bridgehead atoms. The standard InChI is InChI=1S/C16H32N2O/c1-5-9-12(2)17-16(19)14(4)18-13(3)15-10-7-6-8-11-15/h12-15,18H,5-11H2,1-4H3,(H,17,19).